The molecule has 10 heavy (non-hydrogen) atoms. The minimum absolute atomic E-state index is 0.111. The molecule has 0 rings (SSSR count). The zero-order valence-corrected chi connectivity index (χ0v) is 5.91. The SMILES string of the molecule is COCC(CCO)C(=O)O. The number of carboxylic acids is 1. The monoisotopic (exact) mass is 148 g/mol. The Kier molecular flexibility index (Phi) is 4.88. The summed E-state index contributed by atoms with van der Waals surface area (Å²) in [6, 6.07) is 0. The second-order valence-electron chi connectivity index (χ2n) is 2.00. The van der Waals surface area contributed by atoms with Gasteiger partial charge in [0.15, 0.2) is 0 Å². The number of hydrogen-bond acceptors (Lipinski definition) is 3. The van der Waals surface area contributed by atoms with E-state index in [-0.39, 0.29) is 19.6 Å². The van der Waals surface area contributed by atoms with Gasteiger partial charge in [0.2, 0.25) is 0 Å². The summed E-state index contributed by atoms with van der Waals surface area (Å²) in [5, 5.41) is 16.8. The Bertz CT molecular complexity index is 95.9. The topological polar surface area (TPSA) is 66.8 Å². The maximum atomic E-state index is 10.3. The Morgan fingerprint density at radius 1 is 1.70 bits per heavy atom. The lowest BCUT2D eigenvalue weighted by atomic mass is 10.1. The predicted molar refractivity (Wildman–Crippen MR) is 34.7 cm³/mol. The molecule has 1 atom stereocenters. The third kappa shape index (κ3) is 3.42. The molecule has 0 radical (unpaired) electrons. The molecule has 0 amide bonds. The summed E-state index contributed by atoms with van der Waals surface area (Å²) in [5.41, 5.74) is 0. The fourth-order valence-electron chi connectivity index (χ4n) is 0.635. The smallest absolute Gasteiger partial charge is 0.308 e. The second kappa shape index (κ2) is 5.20. The van der Waals surface area contributed by atoms with E-state index in [1.165, 1.54) is 7.11 Å². The van der Waals surface area contributed by atoms with Crippen LogP contribution in [-0.2, 0) is 9.53 Å². The molecule has 2 N–H and O–H groups in total. The van der Waals surface area contributed by atoms with E-state index in [4.69, 9.17) is 10.2 Å². The average Bonchev–Trinajstić information content (AvgIpc) is 1.87. The zero-order valence-electron chi connectivity index (χ0n) is 5.91. The van der Waals surface area contributed by atoms with Crippen LogP contribution in [0.1, 0.15) is 6.42 Å². The first kappa shape index (κ1) is 9.39. The van der Waals surface area contributed by atoms with Gasteiger partial charge < -0.3 is 14.9 Å². The molecule has 0 fully saturated rings. The number of carboxylic acid groups (broad SMARTS) is 1. The first-order chi connectivity index (χ1) is 4.72. The third-order valence-corrected chi connectivity index (χ3v) is 1.19. The van der Waals surface area contributed by atoms with Gasteiger partial charge in [-0.25, -0.2) is 0 Å². The van der Waals surface area contributed by atoms with Crippen LogP contribution in [-0.4, -0.2) is 36.5 Å². The summed E-state index contributed by atoms with van der Waals surface area (Å²) < 4.78 is 4.63. The van der Waals surface area contributed by atoms with Gasteiger partial charge in [-0.15, -0.1) is 0 Å². The molecule has 4 nitrogen and oxygen atoms in total. The van der Waals surface area contributed by atoms with Crippen molar-refractivity contribution in [2.24, 2.45) is 5.92 Å². The van der Waals surface area contributed by atoms with Crippen molar-refractivity contribution in [3.8, 4) is 0 Å². The first-order valence-electron chi connectivity index (χ1n) is 3.05. The van der Waals surface area contributed by atoms with Crippen LogP contribution in [0.5, 0.6) is 0 Å². The second-order valence-corrected chi connectivity index (χ2v) is 2.00. The van der Waals surface area contributed by atoms with Gasteiger partial charge in [-0.3, -0.25) is 4.79 Å². The van der Waals surface area contributed by atoms with E-state index in [0.29, 0.717) is 0 Å². The number of methoxy groups -OCH3 is 1. The number of aliphatic hydroxyl groups excluding tert-OH is 1. The molecular weight excluding hydrogens is 136 g/mol. The van der Waals surface area contributed by atoms with Gasteiger partial charge in [0.25, 0.3) is 0 Å². The van der Waals surface area contributed by atoms with Crippen molar-refractivity contribution < 1.29 is 19.7 Å². The van der Waals surface area contributed by atoms with Crippen LogP contribution in [0.2, 0.25) is 0 Å². The first-order valence-corrected chi connectivity index (χ1v) is 3.05. The van der Waals surface area contributed by atoms with Crippen LogP contribution in [0.25, 0.3) is 0 Å². The minimum atomic E-state index is -0.920. The summed E-state index contributed by atoms with van der Waals surface area (Å²) in [5.74, 6) is -1.49. The number of aliphatic carboxylic acids is 1. The van der Waals surface area contributed by atoms with Gasteiger partial charge in [-0.2, -0.15) is 0 Å². The molecule has 60 valence electrons. The van der Waals surface area contributed by atoms with Crippen molar-refractivity contribution in [1.29, 1.82) is 0 Å². The van der Waals surface area contributed by atoms with Gasteiger partial charge in [0.1, 0.15) is 0 Å². The summed E-state index contributed by atoms with van der Waals surface area (Å²) in [4.78, 5) is 10.3. The molecule has 1 unspecified atom stereocenters. The van der Waals surface area contributed by atoms with Crippen molar-refractivity contribution in [3.63, 3.8) is 0 Å². The third-order valence-electron chi connectivity index (χ3n) is 1.19. The van der Waals surface area contributed by atoms with Crippen molar-refractivity contribution in [1.82, 2.24) is 0 Å². The predicted octanol–water partition coefficient (Wildman–Crippen LogP) is -0.284. The lowest BCUT2D eigenvalue weighted by Gasteiger charge is -2.07. The Morgan fingerprint density at radius 3 is 2.60 bits per heavy atom. The van der Waals surface area contributed by atoms with E-state index in [1.54, 1.807) is 0 Å². The summed E-state index contributed by atoms with van der Waals surface area (Å²) >= 11 is 0. The summed E-state index contributed by atoms with van der Waals surface area (Å²) in [6.07, 6.45) is 0.253. The number of rotatable bonds is 5. The molecule has 0 aliphatic carbocycles. The molecule has 0 saturated heterocycles. The highest BCUT2D eigenvalue weighted by Gasteiger charge is 2.15. The van der Waals surface area contributed by atoms with Crippen molar-refractivity contribution in [2.45, 2.75) is 6.42 Å². The molecule has 0 saturated carbocycles. The van der Waals surface area contributed by atoms with E-state index in [1.807, 2.05) is 0 Å². The molecule has 0 aromatic rings. The summed E-state index contributed by atoms with van der Waals surface area (Å²) in [7, 11) is 1.44. The van der Waals surface area contributed by atoms with E-state index in [0.717, 1.165) is 0 Å². The minimum Gasteiger partial charge on any atom is -0.481 e. The number of aliphatic hydroxyl groups is 1. The normalized spacial score (nSPS) is 13.0. The number of hydrogen-bond donors (Lipinski definition) is 2. The fraction of sp³-hybridized carbons (Fsp3) is 0.833. The summed E-state index contributed by atoms with van der Waals surface area (Å²) in [6.45, 7) is 0.0518. The molecule has 0 aromatic heterocycles. The highest BCUT2D eigenvalue weighted by Crippen LogP contribution is 2.01. The Balaban J connectivity index is 3.61. The lowest BCUT2D eigenvalue weighted by Crippen LogP contribution is -2.20. The fourth-order valence-corrected chi connectivity index (χ4v) is 0.635. The van der Waals surface area contributed by atoms with Gasteiger partial charge in [-0.1, -0.05) is 0 Å². The zero-order chi connectivity index (χ0) is 7.98. The quantitative estimate of drug-likeness (QED) is 0.562. The molecule has 0 aliphatic heterocycles. The van der Waals surface area contributed by atoms with Gasteiger partial charge in [0, 0.05) is 13.7 Å². The maximum absolute atomic E-state index is 10.3. The van der Waals surface area contributed by atoms with Crippen LogP contribution in [0.3, 0.4) is 0 Å². The number of carbonyl (C=O) groups is 1. The Morgan fingerprint density at radius 2 is 2.30 bits per heavy atom. The maximum Gasteiger partial charge on any atom is 0.308 e. The van der Waals surface area contributed by atoms with Crippen LogP contribution >= 0.6 is 0 Å². The van der Waals surface area contributed by atoms with Crippen LogP contribution < -0.4 is 0 Å². The molecule has 0 heterocycles. The van der Waals surface area contributed by atoms with E-state index < -0.39 is 11.9 Å². The average molecular weight is 148 g/mol. The van der Waals surface area contributed by atoms with E-state index in [9.17, 15) is 4.79 Å². The lowest BCUT2D eigenvalue weighted by molar-refractivity contribution is -0.144. The van der Waals surface area contributed by atoms with Crippen LogP contribution in [0, 0.1) is 5.92 Å². The molecule has 0 aliphatic rings. The Hall–Kier alpha value is -0.610. The van der Waals surface area contributed by atoms with Gasteiger partial charge in [0.05, 0.1) is 12.5 Å². The van der Waals surface area contributed by atoms with Crippen LogP contribution in [0.4, 0.5) is 0 Å². The highest BCUT2D eigenvalue weighted by atomic mass is 16.5. The molecule has 0 aromatic carbocycles. The molecule has 0 bridgehead atoms. The molecule has 0 spiro atoms. The van der Waals surface area contributed by atoms with Crippen molar-refractivity contribution >= 4 is 5.97 Å². The number of ether oxygens (including phenoxy) is 1. The molecular formula is C6H12O4. The van der Waals surface area contributed by atoms with Gasteiger partial charge >= 0.3 is 5.97 Å². The van der Waals surface area contributed by atoms with Gasteiger partial charge in [-0.05, 0) is 6.42 Å². The largest absolute Gasteiger partial charge is 0.481 e. The Labute approximate surface area is 59.4 Å². The van der Waals surface area contributed by atoms with Crippen LogP contribution in [0.15, 0.2) is 0 Å². The highest BCUT2D eigenvalue weighted by molar-refractivity contribution is 5.70. The van der Waals surface area contributed by atoms with E-state index in [2.05, 4.69) is 4.74 Å². The standard InChI is InChI=1S/C6H12O4/c1-10-4-5(2-3-7)6(8)9/h5,7H,2-4H2,1H3,(H,8,9). The molecule has 4 heteroatoms. The van der Waals surface area contributed by atoms with Crippen molar-refractivity contribution in [3.05, 3.63) is 0 Å². The van der Waals surface area contributed by atoms with Crippen molar-refractivity contribution in [2.75, 3.05) is 20.3 Å². The van der Waals surface area contributed by atoms with E-state index >= 15 is 0 Å².